The van der Waals surface area contributed by atoms with Gasteiger partial charge in [0, 0.05) is 104 Å². The highest BCUT2D eigenvalue weighted by atomic mass is 127. The largest absolute Gasteiger partial charge is 0.507 e. The van der Waals surface area contributed by atoms with Crippen molar-refractivity contribution in [3.8, 4) is 5.75 Å². The predicted molar refractivity (Wildman–Crippen MR) is 360 cm³/mol. The average molecular weight is 1500 g/mol. The number of amides is 10. The molecule has 2 aromatic rings. The highest BCUT2D eigenvalue weighted by Crippen LogP contribution is 2.22. The summed E-state index contributed by atoms with van der Waals surface area (Å²) in [7, 11) is 0. The van der Waals surface area contributed by atoms with Crippen molar-refractivity contribution in [1.82, 2.24) is 56.8 Å². The van der Waals surface area contributed by atoms with E-state index in [2.05, 4.69) is 37.2 Å². The Hall–Kier alpha value is -8.81. The van der Waals surface area contributed by atoms with Crippen molar-refractivity contribution < 1.29 is 97.8 Å². The minimum Gasteiger partial charge on any atom is -0.507 e. The summed E-state index contributed by atoms with van der Waals surface area (Å²) in [6, 6.07) is 3.51. The second kappa shape index (κ2) is 45.6. The van der Waals surface area contributed by atoms with Gasteiger partial charge in [0.1, 0.15) is 42.0 Å². The Labute approximate surface area is 580 Å². The zero-order chi connectivity index (χ0) is 72.7. The van der Waals surface area contributed by atoms with E-state index in [9.17, 15) is 92.7 Å². The van der Waals surface area contributed by atoms with Gasteiger partial charge in [-0.15, -0.1) is 0 Å². The van der Waals surface area contributed by atoms with Crippen LogP contribution >= 0.6 is 22.6 Å². The van der Waals surface area contributed by atoms with Crippen LogP contribution in [0.4, 0.5) is 4.79 Å². The van der Waals surface area contributed by atoms with Gasteiger partial charge in [-0.3, -0.25) is 67.5 Å². The number of benzene rings is 2. The van der Waals surface area contributed by atoms with Crippen LogP contribution in [0.15, 0.2) is 48.5 Å². The fourth-order valence-corrected chi connectivity index (χ4v) is 11.2. The van der Waals surface area contributed by atoms with Gasteiger partial charge in [-0.2, -0.15) is 0 Å². The lowest BCUT2D eigenvalue weighted by molar-refractivity contribution is -0.145. The first-order chi connectivity index (χ1) is 46.5. The molecule has 6 atom stereocenters. The number of rotatable bonds is 45. The molecule has 1 saturated heterocycles. The summed E-state index contributed by atoms with van der Waals surface area (Å²) in [5.74, 6) is -11.7. The van der Waals surface area contributed by atoms with Crippen molar-refractivity contribution >= 4 is 106 Å². The molecule has 6 unspecified atom stereocenters. The van der Waals surface area contributed by atoms with Gasteiger partial charge in [0.2, 0.25) is 47.3 Å². The normalized spacial score (nSPS) is 15.3. The van der Waals surface area contributed by atoms with E-state index in [-0.39, 0.29) is 160 Å². The van der Waals surface area contributed by atoms with Gasteiger partial charge in [0.15, 0.2) is 0 Å². The van der Waals surface area contributed by atoms with Gasteiger partial charge < -0.3 is 85.1 Å². The van der Waals surface area contributed by atoms with Crippen LogP contribution in [-0.4, -0.2) is 255 Å². The van der Waals surface area contributed by atoms with E-state index in [1.54, 1.807) is 56.0 Å². The SMILES string of the molecule is NC(=O)CN1CCN(CC(N)=O)CCN(C(CCC(=O)NC(Cc2ccc(O)c(I)c2)C(=O)NC(Cc2ccccc2)C(=O)NC(CCCCNC(=O)CCCCCCC(=O)NCCCCC(NC(=O)NC(CCC(=O)O)C(=O)O)C(=O)O)C(=O)O)C(=O)O)CCN(CC(N)=O)CC1. The smallest absolute Gasteiger partial charge is 0.326 e. The highest BCUT2D eigenvalue weighted by molar-refractivity contribution is 14.1. The van der Waals surface area contributed by atoms with Crippen molar-refractivity contribution in [2.24, 2.45) is 17.2 Å². The summed E-state index contributed by atoms with van der Waals surface area (Å²) in [6.07, 6.45) is 1.99. The number of phenolic OH excluding ortho intramolecular Hbond substituents is 1. The molecule has 10 amide bonds. The van der Waals surface area contributed by atoms with E-state index < -0.39 is 127 Å². The zero-order valence-electron chi connectivity index (χ0n) is 54.8. The van der Waals surface area contributed by atoms with Crippen molar-refractivity contribution in [1.29, 1.82) is 0 Å². The monoisotopic (exact) mass is 1490 g/mol. The molecular weight excluding hydrogens is 1400 g/mol. The molecule has 0 aromatic heterocycles. The Morgan fingerprint density at radius 3 is 1.30 bits per heavy atom. The Balaban J connectivity index is 1.58. The first-order valence-electron chi connectivity index (χ1n) is 32.4. The maximum absolute atomic E-state index is 14.5. The van der Waals surface area contributed by atoms with E-state index in [1.165, 1.54) is 12.1 Å². The number of hydrogen-bond acceptors (Lipinski definition) is 19. The van der Waals surface area contributed by atoms with E-state index in [4.69, 9.17) is 22.3 Å². The summed E-state index contributed by atoms with van der Waals surface area (Å²) in [5, 5.41) is 76.5. The number of unbranched alkanes of at least 4 members (excludes halogenated alkanes) is 5. The van der Waals surface area contributed by atoms with Gasteiger partial charge >= 0.3 is 35.9 Å². The first kappa shape index (κ1) is 83.4. The molecule has 2 aromatic carbocycles. The van der Waals surface area contributed by atoms with Crippen LogP contribution < -0.4 is 54.4 Å². The van der Waals surface area contributed by atoms with Crippen molar-refractivity contribution in [2.45, 2.75) is 152 Å². The van der Waals surface area contributed by atoms with Crippen LogP contribution in [0.25, 0.3) is 0 Å². The van der Waals surface area contributed by atoms with E-state index >= 15 is 0 Å². The third kappa shape index (κ3) is 35.4. The number of aliphatic carboxylic acids is 5. The number of hydrogen-bond donors (Lipinski definition) is 16. The molecule has 98 heavy (non-hydrogen) atoms. The van der Waals surface area contributed by atoms with Gasteiger partial charge in [0.05, 0.1) is 23.2 Å². The fraction of sp³-hybridized carbons (Fsp3) is 0.587. The van der Waals surface area contributed by atoms with E-state index in [1.807, 2.05) is 22.6 Å². The molecule has 34 nitrogen and oxygen atoms in total. The number of urea groups is 1. The summed E-state index contributed by atoms with van der Waals surface area (Å²) in [6.45, 7) is 1.31. The third-order valence-electron chi connectivity index (χ3n) is 15.9. The summed E-state index contributed by atoms with van der Waals surface area (Å²) < 4.78 is 0.420. The summed E-state index contributed by atoms with van der Waals surface area (Å²) >= 11 is 1.89. The van der Waals surface area contributed by atoms with Gasteiger partial charge in [-0.05, 0) is 110 Å². The second-order valence-corrected chi connectivity index (χ2v) is 25.0. The second-order valence-electron chi connectivity index (χ2n) is 23.9. The molecule has 1 aliphatic heterocycles. The number of phenols is 1. The van der Waals surface area contributed by atoms with Crippen molar-refractivity contribution in [3.63, 3.8) is 0 Å². The lowest BCUT2D eigenvalue weighted by atomic mass is 10.0. The molecule has 1 aliphatic rings. The molecule has 0 aliphatic carbocycles. The molecule has 3 rings (SSSR count). The lowest BCUT2D eigenvalue weighted by Crippen LogP contribution is -2.57. The standard InChI is InChI=1S/C63H95IN14O20/c64-42-34-41(18-21-49(42)79)36-46(70-55(85)22-20-48(62(96)97)78-32-30-76(38-51(66)81)28-26-75(37-50(65)80)27-29-77(31-33-78)39-52(67)82)57(88)72-47(35-40-12-4-3-5-13-40)58(89)71-43(59(90)91)14-8-10-24-68-53(83)16-6-1-2-7-17-54(84)69-25-11-9-15-44(60(92)93)73-63(98)74-45(61(94)95)19-23-56(86)87/h3-5,12-13,18,21,34,43-48,79H,1-2,6-11,14-17,19-20,22-33,35-39H2,(H2,65,80)(H2,66,81)(H2,67,82)(H,68,83)(H,69,84)(H,70,85)(H,71,89)(H,72,88)(H,86,87)(H,90,91)(H,92,93)(H,94,95)(H,96,97)(H2,73,74,98). The Kier molecular flexibility index (Phi) is 38.9. The van der Waals surface area contributed by atoms with Crippen molar-refractivity contribution in [3.05, 3.63) is 63.2 Å². The molecule has 0 radical (unpaired) electrons. The molecule has 19 N–H and O–H groups in total. The molecule has 1 heterocycles. The van der Waals surface area contributed by atoms with Crippen LogP contribution in [0.1, 0.15) is 114 Å². The molecule has 0 spiro atoms. The minimum atomic E-state index is -1.54. The fourth-order valence-electron chi connectivity index (χ4n) is 10.6. The number of aromatic hydroxyl groups is 1. The average Bonchev–Trinajstić information content (AvgIpc) is 0.864. The molecule has 544 valence electrons. The Morgan fingerprint density at radius 2 is 0.857 bits per heavy atom. The number of carbonyl (C=O) groups is 14. The number of carbonyl (C=O) groups excluding carboxylic acids is 9. The molecule has 0 saturated carbocycles. The van der Waals surface area contributed by atoms with Crippen LogP contribution in [0.3, 0.4) is 0 Å². The van der Waals surface area contributed by atoms with E-state index in [0.717, 1.165) is 0 Å². The van der Waals surface area contributed by atoms with Crippen LogP contribution in [0.5, 0.6) is 5.75 Å². The predicted octanol–water partition coefficient (Wildman–Crippen LogP) is -1.78. The van der Waals surface area contributed by atoms with Gasteiger partial charge in [0.25, 0.3) is 0 Å². The van der Waals surface area contributed by atoms with Gasteiger partial charge in [-0.1, -0.05) is 49.2 Å². The summed E-state index contributed by atoms with van der Waals surface area (Å²) in [4.78, 5) is 182. The number of nitrogens with two attached hydrogens (primary N) is 3. The number of nitrogens with one attached hydrogen (secondary N) is 7. The highest BCUT2D eigenvalue weighted by Gasteiger charge is 2.33. The molecule has 0 bridgehead atoms. The first-order valence-corrected chi connectivity index (χ1v) is 33.5. The maximum Gasteiger partial charge on any atom is 0.326 e. The molecular formula is C63H95IN14O20. The van der Waals surface area contributed by atoms with Crippen LogP contribution in [0, 0.1) is 3.57 Å². The van der Waals surface area contributed by atoms with Crippen molar-refractivity contribution in [2.75, 3.05) is 85.1 Å². The Bertz CT molecular complexity index is 2970. The zero-order valence-corrected chi connectivity index (χ0v) is 57.0. The molecule has 35 heteroatoms. The Morgan fingerprint density at radius 1 is 0.429 bits per heavy atom. The number of halogens is 1. The number of carboxylic acids is 5. The number of primary amides is 3. The van der Waals surface area contributed by atoms with Crippen LogP contribution in [-0.2, 0) is 75.2 Å². The lowest BCUT2D eigenvalue weighted by Gasteiger charge is -2.35. The quantitative estimate of drug-likeness (QED) is 0.0257. The number of carboxylic acid groups (broad SMARTS) is 5. The number of nitrogens with zero attached hydrogens (tertiary/aromatic N) is 4. The minimum absolute atomic E-state index is 0.0279. The summed E-state index contributed by atoms with van der Waals surface area (Å²) in [5.41, 5.74) is 17.7. The topological polar surface area (TPSA) is 536 Å². The van der Waals surface area contributed by atoms with Gasteiger partial charge in [-0.25, -0.2) is 19.2 Å². The maximum atomic E-state index is 14.5. The third-order valence-corrected chi connectivity index (χ3v) is 16.8. The van der Waals surface area contributed by atoms with E-state index in [0.29, 0.717) is 53.2 Å². The molecule has 1 fully saturated rings. The van der Waals surface area contributed by atoms with Crippen LogP contribution in [0.2, 0.25) is 0 Å².